The van der Waals surface area contributed by atoms with Crippen LogP contribution in [0.2, 0.25) is 0 Å². The lowest BCUT2D eigenvalue weighted by atomic mass is 9.99. The Morgan fingerprint density at radius 3 is 2.94 bits per heavy atom. The summed E-state index contributed by atoms with van der Waals surface area (Å²) < 4.78 is 0. The standard InChI is InChI=1S/C14H20N2O2/c1-10(2)15-14(18)9-16-8-7-13(17)11-5-3-4-6-12(11)16/h3-6,10,13,17H,7-9H2,1-2H3,(H,15,18). The van der Waals surface area contributed by atoms with Gasteiger partial charge in [-0.15, -0.1) is 0 Å². The van der Waals surface area contributed by atoms with E-state index in [1.165, 1.54) is 0 Å². The van der Waals surface area contributed by atoms with Crippen molar-refractivity contribution in [3.05, 3.63) is 29.8 Å². The molecule has 1 aliphatic rings. The van der Waals surface area contributed by atoms with Crippen LogP contribution in [0.3, 0.4) is 0 Å². The first-order valence-electron chi connectivity index (χ1n) is 6.39. The predicted octanol–water partition coefficient (Wildman–Crippen LogP) is 1.45. The molecule has 0 saturated carbocycles. The molecular formula is C14H20N2O2. The van der Waals surface area contributed by atoms with Crippen molar-refractivity contribution in [2.24, 2.45) is 0 Å². The number of amides is 1. The Kier molecular flexibility index (Phi) is 3.87. The zero-order valence-electron chi connectivity index (χ0n) is 10.9. The number of fused-ring (bicyclic) bond motifs is 1. The van der Waals surface area contributed by atoms with E-state index in [9.17, 15) is 9.90 Å². The Balaban J connectivity index is 2.12. The number of rotatable bonds is 3. The number of anilines is 1. The largest absolute Gasteiger partial charge is 0.388 e. The second-order valence-corrected chi connectivity index (χ2v) is 5.01. The van der Waals surface area contributed by atoms with Gasteiger partial charge in [0.05, 0.1) is 12.6 Å². The first-order valence-corrected chi connectivity index (χ1v) is 6.39. The van der Waals surface area contributed by atoms with Gasteiger partial charge in [-0.05, 0) is 26.3 Å². The van der Waals surface area contributed by atoms with Crippen LogP contribution in [0.25, 0.3) is 0 Å². The van der Waals surface area contributed by atoms with Gasteiger partial charge in [-0.1, -0.05) is 18.2 Å². The van der Waals surface area contributed by atoms with E-state index in [-0.39, 0.29) is 11.9 Å². The molecule has 0 aliphatic carbocycles. The molecule has 1 aliphatic heterocycles. The SMILES string of the molecule is CC(C)NC(=O)CN1CCC(O)c2ccccc21. The maximum absolute atomic E-state index is 11.8. The van der Waals surface area contributed by atoms with E-state index < -0.39 is 6.10 Å². The van der Waals surface area contributed by atoms with Crippen molar-refractivity contribution in [3.63, 3.8) is 0 Å². The number of para-hydroxylation sites is 1. The highest BCUT2D eigenvalue weighted by Gasteiger charge is 2.24. The lowest BCUT2D eigenvalue weighted by Gasteiger charge is -2.33. The zero-order valence-corrected chi connectivity index (χ0v) is 10.9. The summed E-state index contributed by atoms with van der Waals surface area (Å²) in [6.07, 6.45) is 0.261. The maximum Gasteiger partial charge on any atom is 0.239 e. The van der Waals surface area contributed by atoms with Crippen molar-refractivity contribution in [1.82, 2.24) is 5.32 Å². The van der Waals surface area contributed by atoms with Crippen LogP contribution >= 0.6 is 0 Å². The summed E-state index contributed by atoms with van der Waals surface area (Å²) in [7, 11) is 0. The maximum atomic E-state index is 11.8. The summed E-state index contributed by atoms with van der Waals surface area (Å²) in [6, 6.07) is 7.89. The lowest BCUT2D eigenvalue weighted by Crippen LogP contribution is -2.42. The molecule has 1 atom stereocenters. The van der Waals surface area contributed by atoms with Gasteiger partial charge >= 0.3 is 0 Å². The van der Waals surface area contributed by atoms with Crippen molar-refractivity contribution in [2.75, 3.05) is 18.0 Å². The Hall–Kier alpha value is -1.55. The van der Waals surface area contributed by atoms with Gasteiger partial charge in [0.1, 0.15) is 0 Å². The summed E-state index contributed by atoms with van der Waals surface area (Å²) in [6.45, 7) is 4.96. The summed E-state index contributed by atoms with van der Waals surface area (Å²) in [5.41, 5.74) is 1.89. The van der Waals surface area contributed by atoms with Crippen molar-refractivity contribution in [2.45, 2.75) is 32.4 Å². The molecule has 98 valence electrons. The van der Waals surface area contributed by atoms with Crippen LogP contribution < -0.4 is 10.2 Å². The smallest absolute Gasteiger partial charge is 0.239 e. The Bertz CT molecular complexity index is 432. The highest BCUT2D eigenvalue weighted by molar-refractivity contribution is 5.82. The van der Waals surface area contributed by atoms with Crippen LogP contribution in [0.5, 0.6) is 0 Å². The van der Waals surface area contributed by atoms with Crippen molar-refractivity contribution in [3.8, 4) is 0 Å². The highest BCUT2D eigenvalue weighted by Crippen LogP contribution is 2.32. The van der Waals surface area contributed by atoms with Gasteiger partial charge in [0.25, 0.3) is 0 Å². The van der Waals surface area contributed by atoms with Crippen molar-refractivity contribution >= 4 is 11.6 Å². The van der Waals surface area contributed by atoms with Gasteiger partial charge in [0.2, 0.25) is 5.91 Å². The van der Waals surface area contributed by atoms with Gasteiger partial charge in [-0.25, -0.2) is 0 Å². The number of nitrogens with one attached hydrogen (secondary N) is 1. The Labute approximate surface area is 108 Å². The van der Waals surface area contributed by atoms with E-state index in [0.29, 0.717) is 19.5 Å². The fourth-order valence-electron chi connectivity index (χ4n) is 2.32. The van der Waals surface area contributed by atoms with Crippen LogP contribution in [-0.4, -0.2) is 30.1 Å². The molecule has 18 heavy (non-hydrogen) atoms. The second kappa shape index (κ2) is 5.40. The van der Waals surface area contributed by atoms with Gasteiger partial charge in [-0.3, -0.25) is 4.79 Å². The van der Waals surface area contributed by atoms with E-state index >= 15 is 0 Å². The molecule has 0 radical (unpaired) electrons. The summed E-state index contributed by atoms with van der Waals surface area (Å²) >= 11 is 0. The molecule has 4 nitrogen and oxygen atoms in total. The zero-order chi connectivity index (χ0) is 13.1. The van der Waals surface area contributed by atoms with Gasteiger partial charge < -0.3 is 15.3 Å². The number of carbonyl (C=O) groups is 1. The van der Waals surface area contributed by atoms with E-state index in [0.717, 1.165) is 11.3 Å². The fourth-order valence-corrected chi connectivity index (χ4v) is 2.32. The topological polar surface area (TPSA) is 52.6 Å². The summed E-state index contributed by atoms with van der Waals surface area (Å²) in [5, 5.41) is 12.8. The molecule has 1 amide bonds. The molecule has 0 bridgehead atoms. The molecule has 0 spiro atoms. The van der Waals surface area contributed by atoms with Crippen LogP contribution in [0, 0.1) is 0 Å². The average Bonchev–Trinajstić information content (AvgIpc) is 2.32. The third-order valence-corrected chi connectivity index (χ3v) is 3.09. The van der Waals surface area contributed by atoms with Crippen molar-refractivity contribution in [1.29, 1.82) is 0 Å². The number of hydrogen-bond acceptors (Lipinski definition) is 3. The molecule has 1 heterocycles. The molecule has 2 N–H and O–H groups in total. The minimum Gasteiger partial charge on any atom is -0.388 e. The third-order valence-electron chi connectivity index (χ3n) is 3.09. The van der Waals surface area contributed by atoms with E-state index in [1.54, 1.807) is 0 Å². The normalized spacial score (nSPS) is 18.7. The molecule has 0 aromatic heterocycles. The molecule has 0 saturated heterocycles. The summed E-state index contributed by atoms with van der Waals surface area (Å²) in [5.74, 6) is 0.0243. The van der Waals surface area contributed by atoms with Crippen LogP contribution in [0.15, 0.2) is 24.3 Å². The third kappa shape index (κ3) is 2.82. The quantitative estimate of drug-likeness (QED) is 0.851. The summed E-state index contributed by atoms with van der Waals surface area (Å²) in [4.78, 5) is 13.8. The van der Waals surface area contributed by atoms with Crippen LogP contribution in [0.4, 0.5) is 5.69 Å². The lowest BCUT2D eigenvalue weighted by molar-refractivity contribution is -0.120. The molecule has 1 aromatic rings. The van der Waals surface area contributed by atoms with E-state index in [1.807, 2.05) is 43.0 Å². The number of nitrogens with zero attached hydrogens (tertiary/aromatic N) is 1. The number of aliphatic hydroxyl groups is 1. The first-order chi connectivity index (χ1) is 8.58. The van der Waals surface area contributed by atoms with Gasteiger partial charge in [-0.2, -0.15) is 0 Å². The van der Waals surface area contributed by atoms with E-state index in [4.69, 9.17) is 0 Å². The minimum atomic E-state index is -0.411. The highest BCUT2D eigenvalue weighted by atomic mass is 16.3. The number of aliphatic hydroxyl groups excluding tert-OH is 1. The fraction of sp³-hybridized carbons (Fsp3) is 0.500. The Morgan fingerprint density at radius 1 is 1.50 bits per heavy atom. The minimum absolute atomic E-state index is 0.0243. The molecule has 1 unspecified atom stereocenters. The van der Waals surface area contributed by atoms with Crippen molar-refractivity contribution < 1.29 is 9.90 Å². The number of hydrogen-bond donors (Lipinski definition) is 2. The number of carbonyl (C=O) groups excluding carboxylic acids is 1. The van der Waals surface area contributed by atoms with Crippen LogP contribution in [0.1, 0.15) is 31.9 Å². The first kappa shape index (κ1) is 12.9. The van der Waals surface area contributed by atoms with Gasteiger partial charge in [0, 0.05) is 23.8 Å². The average molecular weight is 248 g/mol. The van der Waals surface area contributed by atoms with E-state index in [2.05, 4.69) is 5.32 Å². The predicted molar refractivity (Wildman–Crippen MR) is 71.5 cm³/mol. The van der Waals surface area contributed by atoms with Crippen LogP contribution in [-0.2, 0) is 4.79 Å². The van der Waals surface area contributed by atoms with Gasteiger partial charge in [0.15, 0.2) is 0 Å². The molecular weight excluding hydrogens is 228 g/mol. The molecule has 1 aromatic carbocycles. The second-order valence-electron chi connectivity index (χ2n) is 5.01. The molecule has 4 heteroatoms. The number of benzene rings is 1. The molecule has 2 rings (SSSR count). The monoisotopic (exact) mass is 248 g/mol. The Morgan fingerprint density at radius 2 is 2.22 bits per heavy atom. The molecule has 0 fully saturated rings.